The maximum Gasteiger partial charge on any atom is 0.162 e. The molecule has 4 aromatic rings. The van der Waals surface area contributed by atoms with E-state index in [2.05, 4.69) is 55.6 Å². The Bertz CT molecular complexity index is 1510. The molecule has 0 spiro atoms. The van der Waals surface area contributed by atoms with Gasteiger partial charge in [0.05, 0.1) is 0 Å². The number of carbonyl (C=O) groups excluding carboxylic acids is 1. The lowest BCUT2D eigenvalue weighted by Gasteiger charge is -2.39. The molecule has 3 aromatic carbocycles. The van der Waals surface area contributed by atoms with Gasteiger partial charge in [0.15, 0.2) is 5.78 Å². The first-order valence-corrected chi connectivity index (χ1v) is 12.1. The van der Waals surface area contributed by atoms with Crippen molar-refractivity contribution in [2.45, 2.75) is 39.7 Å². The maximum absolute atomic E-state index is 13.6. The third-order valence-electron chi connectivity index (χ3n) is 7.11. The Morgan fingerprint density at radius 2 is 1.82 bits per heavy atom. The number of aryl methyl sites for hydroxylation is 1. The summed E-state index contributed by atoms with van der Waals surface area (Å²) >= 11 is 6.35. The first-order valence-electron chi connectivity index (χ1n) is 11.7. The van der Waals surface area contributed by atoms with Crippen LogP contribution < -0.4 is 5.32 Å². The number of fused-ring (bicyclic) bond motifs is 4. The first kappa shape index (κ1) is 21.2. The molecule has 0 amide bonds. The Balaban J connectivity index is 1.52. The lowest BCUT2D eigenvalue weighted by molar-refractivity contribution is -0.118. The quantitative estimate of drug-likeness (QED) is 0.322. The number of furan rings is 1. The van der Waals surface area contributed by atoms with Gasteiger partial charge in [0.25, 0.3) is 0 Å². The van der Waals surface area contributed by atoms with Gasteiger partial charge >= 0.3 is 0 Å². The zero-order valence-electron chi connectivity index (χ0n) is 19.5. The molecular formula is C30H26ClNO2. The van der Waals surface area contributed by atoms with Gasteiger partial charge in [-0.1, -0.05) is 67.9 Å². The number of allylic oxidation sites excluding steroid dienone is 1. The van der Waals surface area contributed by atoms with Crippen molar-refractivity contribution in [2.75, 3.05) is 5.32 Å². The lowest BCUT2D eigenvalue weighted by Crippen LogP contribution is -2.33. The Labute approximate surface area is 204 Å². The summed E-state index contributed by atoms with van der Waals surface area (Å²) in [6.45, 7) is 6.35. The zero-order valence-corrected chi connectivity index (χ0v) is 20.3. The number of hydrogen-bond acceptors (Lipinski definition) is 3. The van der Waals surface area contributed by atoms with Crippen molar-refractivity contribution in [3.05, 3.63) is 94.2 Å². The van der Waals surface area contributed by atoms with Gasteiger partial charge in [-0.25, -0.2) is 0 Å². The topological polar surface area (TPSA) is 42.2 Å². The zero-order chi connectivity index (χ0) is 23.6. The van der Waals surface area contributed by atoms with Crippen LogP contribution >= 0.6 is 11.6 Å². The molecule has 2 aliphatic rings. The summed E-state index contributed by atoms with van der Waals surface area (Å²) < 4.78 is 6.35. The van der Waals surface area contributed by atoms with Crippen LogP contribution in [0.1, 0.15) is 49.6 Å². The standard InChI is InChI=1S/C30H26ClNO2/c1-17-8-9-19(14-22(17)31)25-12-13-26(34-25)29-28-21(15-30(2,3)16-24(28)33)27-20-7-5-4-6-18(20)10-11-23(27)32-29/h4-14,29,32H,15-16H2,1-3H3/t29-/m0/s1. The van der Waals surface area contributed by atoms with Crippen LogP contribution in [0.15, 0.2) is 76.7 Å². The minimum absolute atomic E-state index is 0.0843. The van der Waals surface area contributed by atoms with Gasteiger partial charge in [0, 0.05) is 33.8 Å². The number of nitrogens with one attached hydrogen (secondary N) is 1. The van der Waals surface area contributed by atoms with Crippen LogP contribution in [-0.4, -0.2) is 5.78 Å². The molecule has 1 aliphatic heterocycles. The van der Waals surface area contributed by atoms with E-state index in [-0.39, 0.29) is 17.2 Å². The number of Topliss-reactive ketones (excluding diaryl/α,β-unsaturated/α-hetero) is 1. The van der Waals surface area contributed by atoms with E-state index in [1.807, 2.05) is 37.3 Å². The molecule has 0 bridgehead atoms. The van der Waals surface area contributed by atoms with Crippen LogP contribution in [0.2, 0.25) is 5.02 Å². The second-order valence-electron chi connectivity index (χ2n) is 10.3. The van der Waals surface area contributed by atoms with Crippen molar-refractivity contribution in [1.29, 1.82) is 0 Å². The molecule has 0 unspecified atom stereocenters. The lowest BCUT2D eigenvalue weighted by atomic mass is 9.68. The second kappa shape index (κ2) is 7.61. The van der Waals surface area contributed by atoms with Crippen molar-refractivity contribution >= 4 is 39.4 Å². The average molecular weight is 468 g/mol. The van der Waals surface area contributed by atoms with E-state index in [4.69, 9.17) is 16.0 Å². The molecular weight excluding hydrogens is 442 g/mol. The summed E-state index contributed by atoms with van der Waals surface area (Å²) in [5, 5.41) is 6.72. The molecule has 1 aromatic heterocycles. The molecule has 1 aliphatic carbocycles. The molecule has 0 fully saturated rings. The van der Waals surface area contributed by atoms with Gasteiger partial charge in [-0.2, -0.15) is 0 Å². The van der Waals surface area contributed by atoms with Gasteiger partial charge in [-0.15, -0.1) is 0 Å². The molecule has 6 rings (SSSR count). The molecule has 0 radical (unpaired) electrons. The number of benzene rings is 3. The predicted octanol–water partition coefficient (Wildman–Crippen LogP) is 8.37. The summed E-state index contributed by atoms with van der Waals surface area (Å²) in [5.41, 5.74) is 6.06. The van der Waals surface area contributed by atoms with E-state index >= 15 is 0 Å². The molecule has 3 nitrogen and oxygen atoms in total. The number of rotatable bonds is 2. The molecule has 34 heavy (non-hydrogen) atoms. The molecule has 0 saturated carbocycles. The van der Waals surface area contributed by atoms with Gasteiger partial charge in [-0.05, 0) is 64.9 Å². The van der Waals surface area contributed by atoms with Crippen molar-refractivity contribution in [2.24, 2.45) is 5.41 Å². The molecule has 170 valence electrons. The van der Waals surface area contributed by atoms with E-state index in [1.54, 1.807) is 0 Å². The van der Waals surface area contributed by atoms with Crippen LogP contribution in [0.25, 0.3) is 27.7 Å². The number of halogens is 1. The summed E-state index contributed by atoms with van der Waals surface area (Å²) in [4.78, 5) is 13.6. The highest BCUT2D eigenvalue weighted by Gasteiger charge is 2.41. The molecule has 2 heterocycles. The molecule has 1 atom stereocenters. The monoisotopic (exact) mass is 467 g/mol. The van der Waals surface area contributed by atoms with E-state index < -0.39 is 0 Å². The first-order chi connectivity index (χ1) is 16.3. The number of ketones is 1. The SMILES string of the molecule is Cc1ccc(-c2ccc([C@@H]3Nc4ccc5ccccc5c4C4=C3C(=O)CC(C)(C)C4)o2)cc1Cl. The van der Waals surface area contributed by atoms with Crippen LogP contribution in [-0.2, 0) is 4.79 Å². The van der Waals surface area contributed by atoms with E-state index in [9.17, 15) is 4.79 Å². The number of anilines is 1. The van der Waals surface area contributed by atoms with Crippen molar-refractivity contribution in [3.8, 4) is 11.3 Å². The Kier molecular flexibility index (Phi) is 4.76. The van der Waals surface area contributed by atoms with E-state index in [0.29, 0.717) is 11.4 Å². The Morgan fingerprint density at radius 3 is 2.65 bits per heavy atom. The molecule has 4 heteroatoms. The summed E-state index contributed by atoms with van der Waals surface area (Å²) in [5.74, 6) is 1.68. The predicted molar refractivity (Wildman–Crippen MR) is 139 cm³/mol. The normalized spacial score (nSPS) is 19.1. The third-order valence-corrected chi connectivity index (χ3v) is 7.51. The van der Waals surface area contributed by atoms with E-state index in [0.717, 1.165) is 51.5 Å². The highest BCUT2D eigenvalue weighted by molar-refractivity contribution is 6.31. The highest BCUT2D eigenvalue weighted by Crippen LogP contribution is 2.52. The minimum atomic E-state index is -0.318. The summed E-state index contributed by atoms with van der Waals surface area (Å²) in [6.07, 6.45) is 1.39. The summed E-state index contributed by atoms with van der Waals surface area (Å²) in [7, 11) is 0. The number of hydrogen-bond donors (Lipinski definition) is 1. The highest BCUT2D eigenvalue weighted by atomic mass is 35.5. The second-order valence-corrected chi connectivity index (χ2v) is 10.7. The Morgan fingerprint density at radius 1 is 1.00 bits per heavy atom. The van der Waals surface area contributed by atoms with Crippen molar-refractivity contribution < 1.29 is 9.21 Å². The fourth-order valence-electron chi connectivity index (χ4n) is 5.46. The van der Waals surface area contributed by atoms with Crippen molar-refractivity contribution in [1.82, 2.24) is 0 Å². The Hall–Kier alpha value is -3.30. The van der Waals surface area contributed by atoms with E-state index in [1.165, 1.54) is 10.8 Å². The van der Waals surface area contributed by atoms with Crippen molar-refractivity contribution in [3.63, 3.8) is 0 Å². The largest absolute Gasteiger partial charge is 0.459 e. The third kappa shape index (κ3) is 3.38. The number of carbonyl (C=O) groups is 1. The smallest absolute Gasteiger partial charge is 0.162 e. The van der Waals surface area contributed by atoms with Crippen LogP contribution in [0.5, 0.6) is 0 Å². The molecule has 0 saturated heterocycles. The van der Waals surface area contributed by atoms with Gasteiger partial charge < -0.3 is 9.73 Å². The van der Waals surface area contributed by atoms with Gasteiger partial charge in [0.2, 0.25) is 0 Å². The molecule has 1 N–H and O–H groups in total. The summed E-state index contributed by atoms with van der Waals surface area (Å²) in [6, 6.07) is 22.2. The maximum atomic E-state index is 13.6. The van der Waals surface area contributed by atoms with Gasteiger partial charge in [0.1, 0.15) is 17.6 Å². The minimum Gasteiger partial charge on any atom is -0.459 e. The van der Waals surface area contributed by atoms with Crippen LogP contribution in [0.3, 0.4) is 0 Å². The van der Waals surface area contributed by atoms with Crippen LogP contribution in [0, 0.1) is 12.3 Å². The fourth-order valence-corrected chi connectivity index (χ4v) is 5.64. The fraction of sp³-hybridized carbons (Fsp3) is 0.233. The van der Waals surface area contributed by atoms with Crippen LogP contribution in [0.4, 0.5) is 5.69 Å². The average Bonchev–Trinajstić information content (AvgIpc) is 3.29. The van der Waals surface area contributed by atoms with Gasteiger partial charge in [-0.3, -0.25) is 4.79 Å².